The molecule has 1 N–H and O–H groups in total. The van der Waals surface area contributed by atoms with E-state index in [0.29, 0.717) is 12.5 Å². The molecule has 2 rings (SSSR count). The first-order chi connectivity index (χ1) is 6.93. The fourth-order valence-corrected chi connectivity index (χ4v) is 1.53. The van der Waals surface area contributed by atoms with Crippen molar-refractivity contribution in [3.8, 4) is 0 Å². The molecule has 1 radical (unpaired) electrons. The quantitative estimate of drug-likeness (QED) is 0.784. The van der Waals surface area contributed by atoms with Crippen molar-refractivity contribution in [2.75, 3.05) is 6.61 Å². The summed E-state index contributed by atoms with van der Waals surface area (Å²) in [6.07, 6.45) is 7.19. The monoisotopic (exact) mass is 279 g/mol. The van der Waals surface area contributed by atoms with Crippen LogP contribution in [0.4, 0.5) is 0 Å². The van der Waals surface area contributed by atoms with Crippen LogP contribution < -0.4 is 0 Å². The van der Waals surface area contributed by atoms with E-state index in [9.17, 15) is 0 Å². The number of hydrogen-bond donors (Lipinski definition) is 1. The average molecular weight is 279 g/mol. The standard InChI is InChI=1S/C7H13O.C6H5.Y/c8-6-7-4-2-1-3-5-7;1-2-4-6-5-3-1;/h2,7-8H,1,3-6H2;1-5H;/q2*-1;. The van der Waals surface area contributed by atoms with Crippen molar-refractivity contribution in [1.82, 2.24) is 0 Å². The maximum atomic E-state index is 8.67. The van der Waals surface area contributed by atoms with E-state index in [1.807, 2.05) is 30.3 Å². The van der Waals surface area contributed by atoms with Gasteiger partial charge in [-0.2, -0.15) is 49.2 Å². The summed E-state index contributed by atoms with van der Waals surface area (Å²) in [5, 5.41) is 8.67. The van der Waals surface area contributed by atoms with Crippen LogP contribution in [0.2, 0.25) is 0 Å². The minimum absolute atomic E-state index is 0. The largest absolute Gasteiger partial charge is 0.396 e. The second-order valence-corrected chi connectivity index (χ2v) is 3.58. The van der Waals surface area contributed by atoms with Crippen LogP contribution in [0.1, 0.15) is 25.7 Å². The molecule has 1 unspecified atom stereocenters. The molecule has 81 valence electrons. The Balaban J connectivity index is 0.000000253. The van der Waals surface area contributed by atoms with E-state index >= 15 is 0 Å². The second-order valence-electron chi connectivity index (χ2n) is 3.58. The third-order valence-corrected chi connectivity index (χ3v) is 2.39. The van der Waals surface area contributed by atoms with Crippen molar-refractivity contribution in [3.63, 3.8) is 0 Å². The van der Waals surface area contributed by atoms with Gasteiger partial charge in [-0.3, -0.25) is 0 Å². The molecule has 0 bridgehead atoms. The maximum Gasteiger partial charge on any atom is 0.0434 e. The van der Waals surface area contributed by atoms with Crippen LogP contribution in [0, 0.1) is 18.4 Å². The van der Waals surface area contributed by atoms with Crippen molar-refractivity contribution < 1.29 is 37.8 Å². The smallest absolute Gasteiger partial charge is 0.0434 e. The molecule has 15 heavy (non-hydrogen) atoms. The maximum absolute atomic E-state index is 8.67. The first-order valence-corrected chi connectivity index (χ1v) is 5.27. The predicted octanol–water partition coefficient (Wildman–Crippen LogP) is 2.86. The summed E-state index contributed by atoms with van der Waals surface area (Å²) < 4.78 is 0. The Morgan fingerprint density at radius 1 is 1.27 bits per heavy atom. The molecule has 1 atom stereocenters. The second kappa shape index (κ2) is 10.8. The van der Waals surface area contributed by atoms with E-state index in [4.69, 9.17) is 5.11 Å². The van der Waals surface area contributed by atoms with Crippen LogP contribution >= 0.6 is 0 Å². The Morgan fingerprint density at radius 3 is 2.27 bits per heavy atom. The number of aliphatic hydroxyl groups excluding tert-OH is 1. The molecule has 1 aliphatic carbocycles. The Hall–Kier alpha value is 0.284. The van der Waals surface area contributed by atoms with Gasteiger partial charge in [-0.05, 0) is 5.92 Å². The molecule has 1 nitrogen and oxygen atoms in total. The fraction of sp³-hybridized carbons (Fsp3) is 0.462. The van der Waals surface area contributed by atoms with Gasteiger partial charge in [-0.1, -0.05) is 12.8 Å². The SMILES string of the molecule is OCC1C[CH-]CCC1.[Y].[c-]1ccccc1. The van der Waals surface area contributed by atoms with Gasteiger partial charge in [0.05, 0.1) is 0 Å². The van der Waals surface area contributed by atoms with E-state index in [0.717, 1.165) is 6.42 Å². The number of hydrogen-bond acceptors (Lipinski definition) is 1. The molecule has 0 amide bonds. The summed E-state index contributed by atoms with van der Waals surface area (Å²) in [5.74, 6) is 0.587. The summed E-state index contributed by atoms with van der Waals surface area (Å²) in [7, 11) is 0. The molecule has 0 aliphatic heterocycles. The zero-order valence-corrected chi connectivity index (χ0v) is 11.9. The molecule has 1 saturated carbocycles. The van der Waals surface area contributed by atoms with Crippen LogP contribution in [0.3, 0.4) is 0 Å². The van der Waals surface area contributed by atoms with E-state index in [1.165, 1.54) is 19.3 Å². The van der Waals surface area contributed by atoms with Gasteiger partial charge in [-0.25, -0.2) is 0 Å². The van der Waals surface area contributed by atoms with Crippen LogP contribution in [0.15, 0.2) is 30.3 Å². The van der Waals surface area contributed by atoms with Crippen molar-refractivity contribution in [2.24, 2.45) is 5.92 Å². The summed E-state index contributed by atoms with van der Waals surface area (Å²) in [4.78, 5) is 0. The molecular weight excluding hydrogens is 261 g/mol. The Labute approximate surface area is 118 Å². The zero-order valence-electron chi connectivity index (χ0n) is 9.10. The fourth-order valence-electron chi connectivity index (χ4n) is 1.53. The van der Waals surface area contributed by atoms with Crippen molar-refractivity contribution in [2.45, 2.75) is 25.7 Å². The first kappa shape index (κ1) is 15.3. The molecule has 1 aliphatic rings. The molecule has 0 heterocycles. The van der Waals surface area contributed by atoms with E-state index in [2.05, 4.69) is 12.5 Å². The normalized spacial score (nSPS) is 19.4. The van der Waals surface area contributed by atoms with Gasteiger partial charge in [0.15, 0.2) is 0 Å². The summed E-state index contributed by atoms with van der Waals surface area (Å²) in [5.41, 5.74) is 0. The number of benzene rings is 1. The molecule has 1 aromatic carbocycles. The Morgan fingerprint density at radius 2 is 2.00 bits per heavy atom. The van der Waals surface area contributed by atoms with Gasteiger partial charge in [0, 0.05) is 39.3 Å². The van der Waals surface area contributed by atoms with Crippen LogP contribution in [0.25, 0.3) is 0 Å². The molecule has 1 fully saturated rings. The van der Waals surface area contributed by atoms with Gasteiger partial charge >= 0.3 is 0 Å². The molecule has 2 heteroatoms. The summed E-state index contributed by atoms with van der Waals surface area (Å²) in [6.45, 7) is 0.385. The molecular formula is C13H18OY-2. The van der Waals surface area contributed by atoms with Crippen LogP contribution in [-0.2, 0) is 32.7 Å². The van der Waals surface area contributed by atoms with Gasteiger partial charge in [0.25, 0.3) is 0 Å². The van der Waals surface area contributed by atoms with Crippen LogP contribution in [0.5, 0.6) is 0 Å². The summed E-state index contributed by atoms with van der Waals surface area (Å²) in [6, 6.07) is 12.5. The first-order valence-electron chi connectivity index (χ1n) is 5.27. The van der Waals surface area contributed by atoms with Gasteiger partial charge in [-0.15, -0.1) is 0 Å². The third-order valence-electron chi connectivity index (χ3n) is 2.39. The minimum atomic E-state index is 0. The van der Waals surface area contributed by atoms with E-state index < -0.39 is 0 Å². The minimum Gasteiger partial charge on any atom is -0.396 e. The van der Waals surface area contributed by atoms with Crippen molar-refractivity contribution in [1.29, 1.82) is 0 Å². The van der Waals surface area contributed by atoms with Gasteiger partial charge in [0.1, 0.15) is 0 Å². The Kier molecular flexibility index (Phi) is 11.0. The molecule has 0 saturated heterocycles. The molecule has 0 spiro atoms. The summed E-state index contributed by atoms with van der Waals surface area (Å²) >= 11 is 0. The third kappa shape index (κ3) is 8.13. The Bertz CT molecular complexity index is 180. The van der Waals surface area contributed by atoms with E-state index in [-0.39, 0.29) is 32.7 Å². The molecule has 0 aromatic heterocycles. The predicted molar refractivity (Wildman–Crippen MR) is 58.6 cm³/mol. The zero-order chi connectivity index (χ0) is 10.1. The molecule has 1 aromatic rings. The average Bonchev–Trinajstić information content (AvgIpc) is 2.33. The topological polar surface area (TPSA) is 20.2 Å². The van der Waals surface area contributed by atoms with Gasteiger partial charge in [0.2, 0.25) is 0 Å². The van der Waals surface area contributed by atoms with Gasteiger partial charge < -0.3 is 11.5 Å². The van der Waals surface area contributed by atoms with E-state index in [1.54, 1.807) is 0 Å². The van der Waals surface area contributed by atoms with Crippen molar-refractivity contribution >= 4 is 0 Å². The van der Waals surface area contributed by atoms with Crippen molar-refractivity contribution in [3.05, 3.63) is 42.8 Å². The number of rotatable bonds is 1. The van der Waals surface area contributed by atoms with Crippen LogP contribution in [-0.4, -0.2) is 11.7 Å². The number of aliphatic hydroxyl groups is 1.